The molecule has 1 aliphatic carbocycles. The first-order chi connectivity index (χ1) is 13.1. The number of nitrogens with one attached hydrogen (secondary N) is 1. The first-order valence-corrected chi connectivity index (χ1v) is 11.8. The van der Waals surface area contributed by atoms with Crippen LogP contribution in [0.5, 0.6) is 0 Å². The number of H-pyrrole nitrogens is 1. The number of hydrogen-bond acceptors (Lipinski definition) is 5. The van der Waals surface area contributed by atoms with Crippen LogP contribution in [0.1, 0.15) is 56.4 Å². The molecule has 1 saturated heterocycles. The van der Waals surface area contributed by atoms with Gasteiger partial charge in [-0.25, -0.2) is 4.98 Å². The fourth-order valence-electron chi connectivity index (χ4n) is 4.36. The van der Waals surface area contributed by atoms with Crippen molar-refractivity contribution >= 4 is 39.2 Å². The van der Waals surface area contributed by atoms with E-state index < -0.39 is 0 Å². The number of piperidine rings is 1. The smallest absolute Gasteiger partial charge is 0.260 e. The minimum absolute atomic E-state index is 0.0496. The highest BCUT2D eigenvalue weighted by Gasteiger charge is 2.26. The summed E-state index contributed by atoms with van der Waals surface area (Å²) in [5, 5.41) is 1.34. The van der Waals surface area contributed by atoms with Gasteiger partial charge in [-0.2, -0.15) is 0 Å². The molecule has 0 aromatic carbocycles. The van der Waals surface area contributed by atoms with Crippen LogP contribution < -0.4 is 5.56 Å². The third-order valence-electron chi connectivity index (χ3n) is 5.89. The van der Waals surface area contributed by atoms with Gasteiger partial charge in [0.2, 0.25) is 5.91 Å². The number of carbonyl (C=O) groups is 1. The van der Waals surface area contributed by atoms with E-state index in [1.807, 2.05) is 4.90 Å². The Labute approximate surface area is 167 Å². The van der Waals surface area contributed by atoms with Gasteiger partial charge in [0.25, 0.3) is 5.56 Å². The zero-order chi connectivity index (χ0) is 19.0. The lowest BCUT2D eigenvalue weighted by atomic mass is 9.89. The summed E-state index contributed by atoms with van der Waals surface area (Å²) in [6.45, 7) is 5.27. The molecule has 7 heteroatoms. The van der Waals surface area contributed by atoms with Crippen LogP contribution in [0.3, 0.4) is 0 Å². The molecule has 4 rings (SSSR count). The predicted molar refractivity (Wildman–Crippen MR) is 112 cm³/mol. The number of thiophene rings is 1. The Morgan fingerprint density at radius 1 is 1.37 bits per heavy atom. The molecule has 146 valence electrons. The monoisotopic (exact) mass is 405 g/mol. The molecule has 0 spiro atoms. The van der Waals surface area contributed by atoms with Gasteiger partial charge in [-0.3, -0.25) is 9.59 Å². The highest BCUT2D eigenvalue weighted by molar-refractivity contribution is 7.99. The first-order valence-electron chi connectivity index (χ1n) is 10.0. The van der Waals surface area contributed by atoms with Gasteiger partial charge >= 0.3 is 0 Å². The van der Waals surface area contributed by atoms with Crippen molar-refractivity contribution in [3.05, 3.63) is 20.8 Å². The lowest BCUT2D eigenvalue weighted by Crippen LogP contribution is -2.44. The van der Waals surface area contributed by atoms with E-state index in [4.69, 9.17) is 0 Å². The van der Waals surface area contributed by atoms with E-state index in [0.29, 0.717) is 22.9 Å². The van der Waals surface area contributed by atoms with E-state index in [-0.39, 0.29) is 11.5 Å². The fraction of sp³-hybridized carbons (Fsp3) is 0.650. The van der Waals surface area contributed by atoms with Crippen LogP contribution in [0.2, 0.25) is 0 Å². The topological polar surface area (TPSA) is 66.1 Å². The number of carbonyl (C=O) groups excluding carboxylic acids is 1. The van der Waals surface area contributed by atoms with Gasteiger partial charge in [-0.1, -0.05) is 25.6 Å². The number of likely N-dealkylation sites (tertiary alicyclic amines) is 1. The lowest BCUT2D eigenvalue weighted by molar-refractivity contribution is -0.132. The minimum Gasteiger partial charge on any atom is -0.339 e. The van der Waals surface area contributed by atoms with E-state index in [2.05, 4.69) is 23.8 Å². The van der Waals surface area contributed by atoms with E-state index in [9.17, 15) is 9.59 Å². The quantitative estimate of drug-likeness (QED) is 0.617. The van der Waals surface area contributed by atoms with Gasteiger partial charge in [0.15, 0.2) is 5.16 Å². The predicted octanol–water partition coefficient (Wildman–Crippen LogP) is 3.99. The Morgan fingerprint density at radius 3 is 3.04 bits per heavy atom. The van der Waals surface area contributed by atoms with Gasteiger partial charge in [0, 0.05) is 17.5 Å². The molecule has 2 aromatic heterocycles. The second-order valence-electron chi connectivity index (χ2n) is 7.84. The van der Waals surface area contributed by atoms with Crippen LogP contribution in [-0.4, -0.2) is 39.1 Å². The summed E-state index contributed by atoms with van der Waals surface area (Å²) < 4.78 is 0. The number of aromatic nitrogens is 2. The molecule has 1 fully saturated rings. The second-order valence-corrected chi connectivity index (χ2v) is 9.88. The molecule has 3 heterocycles. The molecule has 0 bridgehead atoms. The van der Waals surface area contributed by atoms with Crippen LogP contribution in [0.4, 0.5) is 0 Å². The Kier molecular flexibility index (Phi) is 5.60. The van der Waals surface area contributed by atoms with Crippen LogP contribution in [0.15, 0.2) is 9.95 Å². The number of rotatable bonds is 4. The summed E-state index contributed by atoms with van der Waals surface area (Å²) in [4.78, 5) is 37.1. The second kappa shape index (κ2) is 7.95. The molecule has 2 aliphatic rings. The van der Waals surface area contributed by atoms with Crippen LogP contribution in [0.25, 0.3) is 10.2 Å². The largest absolute Gasteiger partial charge is 0.339 e. The molecule has 5 nitrogen and oxygen atoms in total. The Hall–Kier alpha value is -1.34. The molecule has 0 radical (unpaired) electrons. The van der Waals surface area contributed by atoms with E-state index in [0.717, 1.165) is 55.3 Å². The van der Waals surface area contributed by atoms with Crippen molar-refractivity contribution < 1.29 is 4.79 Å². The van der Waals surface area contributed by atoms with E-state index in [1.165, 1.54) is 28.6 Å². The van der Waals surface area contributed by atoms with Crippen molar-refractivity contribution in [3.63, 3.8) is 0 Å². The third-order valence-corrected chi connectivity index (χ3v) is 7.90. The number of amides is 1. The van der Waals surface area contributed by atoms with Gasteiger partial charge in [0.1, 0.15) is 4.83 Å². The molecule has 27 heavy (non-hydrogen) atoms. The van der Waals surface area contributed by atoms with Crippen LogP contribution in [0, 0.1) is 5.92 Å². The third kappa shape index (κ3) is 3.81. The van der Waals surface area contributed by atoms with Gasteiger partial charge < -0.3 is 9.88 Å². The maximum Gasteiger partial charge on any atom is 0.260 e. The van der Waals surface area contributed by atoms with Crippen LogP contribution >= 0.6 is 23.1 Å². The van der Waals surface area contributed by atoms with E-state index in [1.54, 1.807) is 11.3 Å². The van der Waals surface area contributed by atoms with E-state index >= 15 is 0 Å². The Morgan fingerprint density at radius 2 is 2.22 bits per heavy atom. The zero-order valence-corrected chi connectivity index (χ0v) is 17.7. The molecule has 0 unspecified atom stereocenters. The fourth-order valence-corrected chi connectivity index (χ4v) is 6.55. The number of hydrogen-bond donors (Lipinski definition) is 1. The number of nitrogens with zero attached hydrogens (tertiary/aromatic N) is 2. The lowest BCUT2D eigenvalue weighted by Gasteiger charge is -2.35. The molecule has 1 N–H and O–H groups in total. The SMILES string of the molecule is CC[C@@H]1CCCCN1C(=O)CSc1nc2sc3c(c2c(=O)[nH]1)CC[C@@H](C)C3. The number of aromatic amines is 1. The van der Waals surface area contributed by atoms with Crippen molar-refractivity contribution in [2.75, 3.05) is 12.3 Å². The normalized spacial score (nSPS) is 22.8. The summed E-state index contributed by atoms with van der Waals surface area (Å²) in [7, 11) is 0. The zero-order valence-electron chi connectivity index (χ0n) is 16.0. The molecule has 1 aliphatic heterocycles. The summed E-state index contributed by atoms with van der Waals surface area (Å²) in [6.07, 6.45) is 7.57. The molecule has 0 saturated carbocycles. The summed E-state index contributed by atoms with van der Waals surface area (Å²) in [6, 6.07) is 0.368. The standard InChI is InChI=1S/C20H27N3O2S2/c1-3-13-6-4-5-9-23(13)16(24)11-26-20-21-18(25)17-14-8-7-12(2)10-15(14)27-19(17)22-20/h12-13H,3-11H2,1-2H3,(H,21,22,25)/t12-,13-/m1/s1. The van der Waals surface area contributed by atoms with Crippen molar-refractivity contribution in [2.24, 2.45) is 5.92 Å². The van der Waals surface area contributed by atoms with Gasteiger partial charge in [-0.05, 0) is 56.4 Å². The number of aryl methyl sites for hydroxylation is 1. The van der Waals surface area contributed by atoms with Crippen molar-refractivity contribution in [2.45, 2.75) is 70.0 Å². The highest BCUT2D eigenvalue weighted by atomic mass is 32.2. The summed E-state index contributed by atoms with van der Waals surface area (Å²) >= 11 is 3.02. The van der Waals surface area contributed by atoms with Crippen molar-refractivity contribution in [1.82, 2.24) is 14.9 Å². The molecular formula is C20H27N3O2S2. The van der Waals surface area contributed by atoms with Crippen molar-refractivity contribution in [3.8, 4) is 0 Å². The Bertz CT molecular complexity index is 904. The maximum absolute atomic E-state index is 12.7. The highest BCUT2D eigenvalue weighted by Crippen LogP contribution is 2.36. The molecular weight excluding hydrogens is 378 g/mol. The molecule has 1 amide bonds. The summed E-state index contributed by atoms with van der Waals surface area (Å²) in [5.74, 6) is 1.17. The average Bonchev–Trinajstić information content (AvgIpc) is 3.03. The van der Waals surface area contributed by atoms with Gasteiger partial charge in [-0.15, -0.1) is 11.3 Å². The minimum atomic E-state index is -0.0496. The van der Waals surface area contributed by atoms with Gasteiger partial charge in [0.05, 0.1) is 11.1 Å². The molecule has 2 aromatic rings. The number of thioether (sulfide) groups is 1. The van der Waals surface area contributed by atoms with Crippen LogP contribution in [-0.2, 0) is 17.6 Å². The number of fused-ring (bicyclic) bond motifs is 3. The summed E-state index contributed by atoms with van der Waals surface area (Å²) in [5.41, 5.74) is 1.15. The first kappa shape index (κ1) is 19.0. The molecule has 2 atom stereocenters. The van der Waals surface area contributed by atoms with Crippen molar-refractivity contribution in [1.29, 1.82) is 0 Å². The maximum atomic E-state index is 12.7. The average molecular weight is 406 g/mol. The Balaban J connectivity index is 1.51.